The van der Waals surface area contributed by atoms with E-state index in [9.17, 15) is 0 Å². The quantitative estimate of drug-likeness (QED) is 0.154. The summed E-state index contributed by atoms with van der Waals surface area (Å²) in [6, 6.07) is 72.6. The van der Waals surface area contributed by atoms with E-state index in [-0.39, 0.29) is 12.8 Å². The summed E-state index contributed by atoms with van der Waals surface area (Å²) in [7, 11) is 0. The largest absolute Gasteiger partial charge is 0.333 e. The summed E-state index contributed by atoms with van der Waals surface area (Å²) in [6.45, 7) is 0.136. The Kier molecular flexibility index (Phi) is 8.67. The first-order valence-electron chi connectivity index (χ1n) is 21.8. The third-order valence-electron chi connectivity index (χ3n) is 13.1. The first-order chi connectivity index (χ1) is 31.2. The molecule has 4 heterocycles. The molecule has 0 fully saturated rings. The van der Waals surface area contributed by atoms with Crippen LogP contribution >= 0.6 is 23.5 Å². The van der Waals surface area contributed by atoms with Crippen LogP contribution in [0.3, 0.4) is 0 Å². The molecule has 63 heavy (non-hydrogen) atoms. The number of hydrogen-bond donors (Lipinski definition) is 0. The molecule has 1 unspecified atom stereocenters. The van der Waals surface area contributed by atoms with Crippen LogP contribution in [0.2, 0.25) is 0 Å². The first-order valence-corrected chi connectivity index (χ1v) is 23.4. The molecule has 0 spiro atoms. The van der Waals surface area contributed by atoms with Gasteiger partial charge in [-0.15, -0.1) is 0 Å². The van der Waals surface area contributed by atoms with E-state index in [2.05, 4.69) is 228 Å². The monoisotopic (exact) mass is 838 g/mol. The Bertz CT molecular complexity index is 3480. The Morgan fingerprint density at radius 2 is 1.00 bits per heavy atom. The van der Waals surface area contributed by atoms with Crippen LogP contribution in [0.25, 0.3) is 72.3 Å². The molecule has 0 amide bonds. The van der Waals surface area contributed by atoms with Crippen molar-refractivity contribution in [3.8, 4) is 50.5 Å². The zero-order valence-electron chi connectivity index (χ0n) is 34.4. The fraction of sp³-hybridized carbons (Fsp3) is 0.0345. The van der Waals surface area contributed by atoms with Crippen LogP contribution in [-0.4, -0.2) is 15.8 Å². The predicted octanol–water partition coefficient (Wildman–Crippen LogP) is 13.8. The highest BCUT2D eigenvalue weighted by Gasteiger charge is 2.40. The number of allylic oxidation sites excluding steroid dienone is 4. The maximum atomic E-state index is 2.55. The zero-order chi connectivity index (χ0) is 41.4. The number of fused-ring (bicyclic) bond motifs is 6. The van der Waals surface area contributed by atoms with E-state index >= 15 is 0 Å². The van der Waals surface area contributed by atoms with Crippen molar-refractivity contribution in [2.75, 3.05) is 0 Å². The molecular formula is C58H39BN2S2. The minimum absolute atomic E-state index is 0.136. The number of aromatic nitrogens is 2. The molecule has 10 aromatic rings. The molecular weight excluding hydrogens is 800 g/mol. The molecule has 2 aromatic heterocycles. The molecule has 0 radical (unpaired) electrons. The molecule has 1 aliphatic carbocycles. The van der Waals surface area contributed by atoms with Crippen molar-refractivity contribution in [2.45, 2.75) is 32.0 Å². The van der Waals surface area contributed by atoms with E-state index in [4.69, 9.17) is 0 Å². The molecule has 3 aliphatic rings. The van der Waals surface area contributed by atoms with E-state index in [1.165, 1.54) is 103 Å². The van der Waals surface area contributed by atoms with E-state index < -0.39 is 0 Å². The molecule has 0 bridgehead atoms. The molecule has 0 saturated carbocycles. The smallest absolute Gasteiger partial charge is 0.247 e. The lowest BCUT2D eigenvalue weighted by Crippen LogP contribution is -2.58. The number of rotatable bonds is 6. The lowest BCUT2D eigenvalue weighted by Gasteiger charge is -2.35. The highest BCUT2D eigenvalue weighted by Crippen LogP contribution is 2.49. The van der Waals surface area contributed by atoms with E-state index in [0.29, 0.717) is 0 Å². The van der Waals surface area contributed by atoms with Gasteiger partial charge in [0, 0.05) is 47.3 Å². The molecule has 8 aromatic carbocycles. The Morgan fingerprint density at radius 1 is 0.460 bits per heavy atom. The third kappa shape index (κ3) is 5.98. The van der Waals surface area contributed by atoms with Crippen LogP contribution in [-0.2, 0) is 0 Å². The van der Waals surface area contributed by atoms with Gasteiger partial charge in [0.1, 0.15) is 0 Å². The van der Waals surface area contributed by atoms with Gasteiger partial charge in [0.2, 0.25) is 6.71 Å². The fourth-order valence-electron chi connectivity index (χ4n) is 10.3. The average Bonchev–Trinajstić information content (AvgIpc) is 3.94. The van der Waals surface area contributed by atoms with Crippen molar-refractivity contribution in [3.05, 3.63) is 218 Å². The second kappa shape index (κ2) is 14.9. The lowest BCUT2D eigenvalue weighted by molar-refractivity contribution is 0.635. The number of hydrogen-bond acceptors (Lipinski definition) is 2. The normalized spacial score (nSPS) is 14.8. The standard InChI is InChI=1S/C58H39BN2S2/c1-5-17-38(18-6-1)52-35-42-33-40(29-31-50(42)60(52)44-21-9-3-10-22-44)46-37-47(58-56-57(46)62-54-27-15-13-25-48(54)59(56)49-26-14-16-28-55(49)63-58)41-30-32-51-43(34-41)36-53(39-19-7-2-8-20-39)61(51)45-23-11-4-12-24-45/h1-23,25-37,45H,24H2. The van der Waals surface area contributed by atoms with Gasteiger partial charge in [-0.25, -0.2) is 0 Å². The van der Waals surface area contributed by atoms with E-state index in [1.54, 1.807) is 0 Å². The Balaban J connectivity index is 1.06. The lowest BCUT2D eigenvalue weighted by atomic mass is 9.36. The van der Waals surface area contributed by atoms with Crippen molar-refractivity contribution < 1.29 is 0 Å². The van der Waals surface area contributed by atoms with Gasteiger partial charge in [-0.1, -0.05) is 186 Å². The number of para-hydroxylation sites is 1. The van der Waals surface area contributed by atoms with E-state index in [1.807, 2.05) is 23.5 Å². The van der Waals surface area contributed by atoms with Gasteiger partial charge in [-0.2, -0.15) is 0 Å². The van der Waals surface area contributed by atoms with Gasteiger partial charge in [-0.05, 0) is 112 Å². The summed E-state index contributed by atoms with van der Waals surface area (Å²) >= 11 is 3.89. The van der Waals surface area contributed by atoms with Crippen molar-refractivity contribution in [3.63, 3.8) is 0 Å². The summed E-state index contributed by atoms with van der Waals surface area (Å²) in [6.07, 6.45) is 9.97. The van der Waals surface area contributed by atoms with Crippen LogP contribution in [0, 0.1) is 0 Å². The number of benzene rings is 8. The topological polar surface area (TPSA) is 9.86 Å². The molecule has 0 saturated heterocycles. The van der Waals surface area contributed by atoms with Crippen LogP contribution in [0.5, 0.6) is 0 Å². The second-order valence-electron chi connectivity index (χ2n) is 16.8. The molecule has 13 rings (SSSR count). The molecule has 2 nitrogen and oxygen atoms in total. The Morgan fingerprint density at radius 3 is 1.62 bits per heavy atom. The van der Waals surface area contributed by atoms with Crippen LogP contribution in [0.15, 0.2) is 238 Å². The van der Waals surface area contributed by atoms with E-state index in [0.717, 1.165) is 12.1 Å². The summed E-state index contributed by atoms with van der Waals surface area (Å²) in [4.78, 5) is 5.40. The van der Waals surface area contributed by atoms with Gasteiger partial charge in [-0.3, -0.25) is 0 Å². The van der Waals surface area contributed by atoms with Gasteiger partial charge in [0.05, 0.1) is 17.3 Å². The van der Waals surface area contributed by atoms with Crippen molar-refractivity contribution >= 4 is 68.4 Å². The maximum Gasteiger partial charge on any atom is 0.247 e. The van der Waals surface area contributed by atoms with Crippen molar-refractivity contribution in [1.29, 1.82) is 0 Å². The summed E-state index contributed by atoms with van der Waals surface area (Å²) in [5, 5.41) is 2.48. The van der Waals surface area contributed by atoms with Gasteiger partial charge in [0.15, 0.2) is 0 Å². The molecule has 296 valence electrons. The Hall–Kier alpha value is -6.92. The summed E-state index contributed by atoms with van der Waals surface area (Å²) in [5.74, 6) is 0. The van der Waals surface area contributed by atoms with Gasteiger partial charge < -0.3 is 9.13 Å². The number of nitrogens with zero attached hydrogens (tertiary/aromatic N) is 2. The average molecular weight is 839 g/mol. The molecule has 1 atom stereocenters. The first kappa shape index (κ1) is 36.7. The minimum atomic E-state index is 0.136. The maximum absolute atomic E-state index is 2.55. The molecule has 5 heteroatoms. The summed E-state index contributed by atoms with van der Waals surface area (Å²) in [5.41, 5.74) is 17.8. The highest BCUT2D eigenvalue weighted by molar-refractivity contribution is 8.01. The minimum Gasteiger partial charge on any atom is -0.333 e. The fourth-order valence-corrected chi connectivity index (χ4v) is 13.0. The van der Waals surface area contributed by atoms with Gasteiger partial charge >= 0.3 is 0 Å². The van der Waals surface area contributed by atoms with Crippen LogP contribution < -0.4 is 16.4 Å². The SMILES string of the molecule is C1=CCC(n2c(-c3ccccc3)cc3cc(-c4cc(-c5ccc6c(c5)cc(-c5ccccc5)n6-c5ccccc5)c5c6c4Sc4ccccc4B6c4ccccc4S5)ccc32)C=C1. The highest BCUT2D eigenvalue weighted by atomic mass is 32.2. The van der Waals surface area contributed by atoms with Crippen LogP contribution in [0.4, 0.5) is 0 Å². The molecule has 0 N–H and O–H groups in total. The van der Waals surface area contributed by atoms with Crippen molar-refractivity contribution in [2.24, 2.45) is 0 Å². The van der Waals surface area contributed by atoms with Crippen LogP contribution in [0.1, 0.15) is 12.5 Å². The molecule has 2 aliphatic heterocycles. The third-order valence-corrected chi connectivity index (χ3v) is 15.6. The van der Waals surface area contributed by atoms with Crippen molar-refractivity contribution in [1.82, 2.24) is 9.13 Å². The zero-order valence-corrected chi connectivity index (χ0v) is 36.0. The second-order valence-corrected chi connectivity index (χ2v) is 18.9. The predicted molar refractivity (Wildman–Crippen MR) is 268 cm³/mol. The van der Waals surface area contributed by atoms with Gasteiger partial charge in [0.25, 0.3) is 0 Å². The Labute approximate surface area is 376 Å². The summed E-state index contributed by atoms with van der Waals surface area (Å²) < 4.78 is 4.96.